The third-order valence-corrected chi connectivity index (χ3v) is 2.77. The van der Waals surface area contributed by atoms with Crippen molar-refractivity contribution in [2.45, 2.75) is 26.4 Å². The molecule has 0 aromatic carbocycles. The average Bonchev–Trinajstić information content (AvgIpc) is 2.90. The molecular formula is C13H18N2O. The molecule has 0 aliphatic carbocycles. The molecule has 3 nitrogen and oxygen atoms in total. The predicted molar refractivity (Wildman–Crippen MR) is 64.4 cm³/mol. The highest BCUT2D eigenvalue weighted by Crippen LogP contribution is 2.14. The first-order valence-electron chi connectivity index (χ1n) is 5.69. The summed E-state index contributed by atoms with van der Waals surface area (Å²) in [5.41, 5.74) is 2.63. The first-order valence-corrected chi connectivity index (χ1v) is 5.69. The van der Waals surface area contributed by atoms with Crippen LogP contribution in [0.3, 0.4) is 0 Å². The Bertz CT molecular complexity index is 429. The Morgan fingerprint density at radius 3 is 2.69 bits per heavy atom. The molecule has 2 aromatic rings. The van der Waals surface area contributed by atoms with Gasteiger partial charge in [-0.05, 0) is 38.2 Å². The molecule has 16 heavy (non-hydrogen) atoms. The first-order chi connectivity index (χ1) is 7.85. The minimum absolute atomic E-state index is 0.866. The van der Waals surface area contributed by atoms with Crippen molar-refractivity contribution >= 4 is 0 Å². The van der Waals surface area contributed by atoms with Gasteiger partial charge in [0, 0.05) is 30.9 Å². The topological polar surface area (TPSA) is 30.1 Å². The van der Waals surface area contributed by atoms with Gasteiger partial charge in [-0.15, -0.1) is 0 Å². The van der Waals surface area contributed by atoms with Crippen LogP contribution in [0.4, 0.5) is 0 Å². The molecule has 0 spiro atoms. The highest BCUT2D eigenvalue weighted by molar-refractivity contribution is 5.20. The smallest absolute Gasteiger partial charge is 0.109 e. The zero-order valence-corrected chi connectivity index (χ0v) is 9.86. The van der Waals surface area contributed by atoms with Crippen LogP contribution in [0.25, 0.3) is 0 Å². The number of hydrogen-bond acceptors (Lipinski definition) is 2. The molecule has 0 unspecified atom stereocenters. The van der Waals surface area contributed by atoms with Gasteiger partial charge >= 0.3 is 0 Å². The van der Waals surface area contributed by atoms with Crippen molar-refractivity contribution in [2.75, 3.05) is 7.05 Å². The summed E-state index contributed by atoms with van der Waals surface area (Å²) < 4.78 is 7.71. The Balaban J connectivity index is 2.20. The van der Waals surface area contributed by atoms with E-state index < -0.39 is 0 Å². The van der Waals surface area contributed by atoms with Crippen molar-refractivity contribution in [2.24, 2.45) is 0 Å². The fourth-order valence-corrected chi connectivity index (χ4v) is 2.04. The van der Waals surface area contributed by atoms with E-state index in [1.165, 1.54) is 11.4 Å². The normalized spacial score (nSPS) is 10.9. The summed E-state index contributed by atoms with van der Waals surface area (Å²) in [6, 6.07) is 8.31. The van der Waals surface area contributed by atoms with Crippen molar-refractivity contribution in [3.63, 3.8) is 0 Å². The van der Waals surface area contributed by atoms with Crippen LogP contribution in [-0.2, 0) is 19.5 Å². The van der Waals surface area contributed by atoms with Crippen molar-refractivity contribution < 1.29 is 4.42 Å². The second kappa shape index (κ2) is 5.03. The van der Waals surface area contributed by atoms with Gasteiger partial charge < -0.3 is 14.3 Å². The lowest BCUT2D eigenvalue weighted by Crippen LogP contribution is -2.12. The summed E-state index contributed by atoms with van der Waals surface area (Å²) >= 11 is 0. The molecule has 0 atom stereocenters. The first kappa shape index (κ1) is 11.0. The SMILES string of the molecule is CCn1c(CNC)ccc1Cc1ccco1. The summed E-state index contributed by atoms with van der Waals surface area (Å²) in [6.07, 6.45) is 2.59. The third kappa shape index (κ3) is 2.19. The van der Waals surface area contributed by atoms with Crippen LogP contribution in [0.2, 0.25) is 0 Å². The second-order valence-corrected chi connectivity index (χ2v) is 3.85. The van der Waals surface area contributed by atoms with Gasteiger partial charge in [0.1, 0.15) is 5.76 Å². The van der Waals surface area contributed by atoms with Crippen LogP contribution in [0, 0.1) is 0 Å². The fraction of sp³-hybridized carbons (Fsp3) is 0.385. The van der Waals surface area contributed by atoms with Crippen LogP contribution in [0.1, 0.15) is 24.1 Å². The van der Waals surface area contributed by atoms with Crippen molar-refractivity contribution in [1.82, 2.24) is 9.88 Å². The minimum atomic E-state index is 0.866. The van der Waals surface area contributed by atoms with Gasteiger partial charge in [0.25, 0.3) is 0 Å². The van der Waals surface area contributed by atoms with E-state index in [-0.39, 0.29) is 0 Å². The zero-order valence-electron chi connectivity index (χ0n) is 9.86. The summed E-state index contributed by atoms with van der Waals surface area (Å²) in [5, 5.41) is 3.19. The summed E-state index contributed by atoms with van der Waals surface area (Å²) in [4.78, 5) is 0. The van der Waals surface area contributed by atoms with Crippen LogP contribution in [0.15, 0.2) is 34.9 Å². The van der Waals surface area contributed by atoms with E-state index in [2.05, 4.69) is 28.9 Å². The average molecular weight is 218 g/mol. The molecule has 2 heterocycles. The molecule has 3 heteroatoms. The van der Waals surface area contributed by atoms with Crippen LogP contribution >= 0.6 is 0 Å². The van der Waals surface area contributed by atoms with E-state index in [1.807, 2.05) is 19.2 Å². The van der Waals surface area contributed by atoms with Gasteiger partial charge in [-0.25, -0.2) is 0 Å². The van der Waals surface area contributed by atoms with Gasteiger partial charge in [-0.2, -0.15) is 0 Å². The van der Waals surface area contributed by atoms with Gasteiger partial charge in [0.2, 0.25) is 0 Å². The Hall–Kier alpha value is -1.48. The maximum atomic E-state index is 5.38. The number of hydrogen-bond donors (Lipinski definition) is 1. The molecular weight excluding hydrogens is 200 g/mol. The molecule has 0 saturated heterocycles. The molecule has 2 aromatic heterocycles. The van der Waals surface area contributed by atoms with E-state index in [0.29, 0.717) is 0 Å². The minimum Gasteiger partial charge on any atom is -0.469 e. The third-order valence-electron chi connectivity index (χ3n) is 2.77. The Labute approximate surface area is 96.1 Å². The number of aromatic nitrogens is 1. The summed E-state index contributed by atoms with van der Waals surface area (Å²) in [5.74, 6) is 1.02. The van der Waals surface area contributed by atoms with Crippen LogP contribution in [0.5, 0.6) is 0 Å². The van der Waals surface area contributed by atoms with Crippen molar-refractivity contribution in [3.8, 4) is 0 Å². The van der Waals surface area contributed by atoms with Crippen LogP contribution in [-0.4, -0.2) is 11.6 Å². The van der Waals surface area contributed by atoms with E-state index in [4.69, 9.17) is 4.42 Å². The second-order valence-electron chi connectivity index (χ2n) is 3.85. The lowest BCUT2D eigenvalue weighted by Gasteiger charge is -2.10. The standard InChI is InChI=1S/C13H18N2O/c1-3-15-11(6-7-12(15)10-14-2)9-13-5-4-8-16-13/h4-8,14H,3,9-10H2,1-2H3. The maximum absolute atomic E-state index is 5.38. The molecule has 0 radical (unpaired) electrons. The number of nitrogens with zero attached hydrogens (tertiary/aromatic N) is 1. The van der Waals surface area contributed by atoms with Gasteiger partial charge in [0.05, 0.1) is 6.26 Å². The fourth-order valence-electron chi connectivity index (χ4n) is 2.04. The monoisotopic (exact) mass is 218 g/mol. The van der Waals surface area contributed by atoms with Gasteiger partial charge in [-0.3, -0.25) is 0 Å². The quantitative estimate of drug-likeness (QED) is 0.835. The number of rotatable bonds is 5. The lowest BCUT2D eigenvalue weighted by atomic mass is 10.2. The van der Waals surface area contributed by atoms with E-state index in [9.17, 15) is 0 Å². The molecule has 0 aliphatic heterocycles. The largest absolute Gasteiger partial charge is 0.469 e. The van der Waals surface area contributed by atoms with E-state index in [0.717, 1.165) is 25.3 Å². The Morgan fingerprint density at radius 1 is 1.25 bits per heavy atom. The number of nitrogens with one attached hydrogen (secondary N) is 1. The molecule has 0 fully saturated rings. The van der Waals surface area contributed by atoms with Gasteiger partial charge in [-0.1, -0.05) is 0 Å². The molecule has 0 saturated carbocycles. The molecule has 1 N–H and O–H groups in total. The van der Waals surface area contributed by atoms with Crippen LogP contribution < -0.4 is 5.32 Å². The molecule has 0 bridgehead atoms. The highest BCUT2D eigenvalue weighted by Gasteiger charge is 2.07. The number of furan rings is 1. The molecule has 0 amide bonds. The Morgan fingerprint density at radius 2 is 2.06 bits per heavy atom. The van der Waals surface area contributed by atoms with Crippen molar-refractivity contribution in [1.29, 1.82) is 0 Å². The van der Waals surface area contributed by atoms with Gasteiger partial charge in [0.15, 0.2) is 0 Å². The van der Waals surface area contributed by atoms with Crippen molar-refractivity contribution in [3.05, 3.63) is 47.7 Å². The summed E-state index contributed by atoms with van der Waals surface area (Å²) in [7, 11) is 1.97. The zero-order chi connectivity index (χ0) is 11.4. The maximum Gasteiger partial charge on any atom is 0.109 e. The predicted octanol–water partition coefficient (Wildman–Crippen LogP) is 2.41. The Kier molecular flexibility index (Phi) is 3.47. The highest BCUT2D eigenvalue weighted by atomic mass is 16.3. The molecule has 2 rings (SSSR count). The summed E-state index contributed by atoms with van der Waals surface area (Å²) in [6.45, 7) is 4.08. The van der Waals surface area contributed by atoms with E-state index >= 15 is 0 Å². The molecule has 0 aliphatic rings. The van der Waals surface area contributed by atoms with E-state index in [1.54, 1.807) is 6.26 Å². The molecule has 86 valence electrons. The lowest BCUT2D eigenvalue weighted by molar-refractivity contribution is 0.513.